The Labute approximate surface area is 120 Å². The third kappa shape index (κ3) is 3.09. The van der Waals surface area contributed by atoms with Crippen molar-refractivity contribution in [1.82, 2.24) is 9.97 Å². The molecule has 0 bridgehead atoms. The van der Waals surface area contributed by atoms with Crippen LogP contribution in [0.25, 0.3) is 0 Å². The molecule has 7 nitrogen and oxygen atoms in total. The summed E-state index contributed by atoms with van der Waals surface area (Å²) in [5.74, 6) is 0.342. The van der Waals surface area contributed by atoms with Crippen molar-refractivity contribution in [2.75, 3.05) is 17.6 Å². The Morgan fingerprint density at radius 3 is 2.70 bits per heavy atom. The maximum Gasteiger partial charge on any atom is 0.263 e. The molecule has 0 saturated carbocycles. The first-order valence-electron chi connectivity index (χ1n) is 5.36. The van der Waals surface area contributed by atoms with Crippen molar-refractivity contribution in [2.45, 2.75) is 4.90 Å². The van der Waals surface area contributed by atoms with Gasteiger partial charge in [0.1, 0.15) is 23.0 Å². The summed E-state index contributed by atoms with van der Waals surface area (Å²) < 4.78 is 31.6. The fourth-order valence-corrected chi connectivity index (χ4v) is 2.61. The minimum atomic E-state index is -3.81. The Morgan fingerprint density at radius 2 is 2.05 bits per heavy atom. The zero-order valence-electron chi connectivity index (χ0n) is 10.4. The SMILES string of the molecule is COc1cc(S(=O)(=O)Nc2cc(Cl)ncn2)ccc1N. The second kappa shape index (κ2) is 5.51. The number of sulfonamides is 1. The predicted molar refractivity (Wildman–Crippen MR) is 75.3 cm³/mol. The zero-order chi connectivity index (χ0) is 14.8. The Morgan fingerprint density at radius 1 is 1.30 bits per heavy atom. The fraction of sp³-hybridized carbons (Fsp3) is 0.0909. The predicted octanol–water partition coefficient (Wildman–Crippen LogP) is 1.52. The van der Waals surface area contributed by atoms with E-state index >= 15 is 0 Å². The first-order valence-corrected chi connectivity index (χ1v) is 7.22. The Hall–Kier alpha value is -2.06. The maximum absolute atomic E-state index is 12.2. The van der Waals surface area contributed by atoms with Crippen molar-refractivity contribution in [3.63, 3.8) is 0 Å². The van der Waals surface area contributed by atoms with E-state index < -0.39 is 10.0 Å². The zero-order valence-corrected chi connectivity index (χ0v) is 11.9. The second-order valence-electron chi connectivity index (χ2n) is 3.74. The number of hydrogen-bond acceptors (Lipinski definition) is 6. The van der Waals surface area contributed by atoms with Crippen molar-refractivity contribution in [1.29, 1.82) is 0 Å². The highest BCUT2D eigenvalue weighted by Crippen LogP contribution is 2.25. The van der Waals surface area contributed by atoms with E-state index in [1.165, 1.54) is 31.4 Å². The summed E-state index contributed by atoms with van der Waals surface area (Å²) in [6.07, 6.45) is 1.16. The Bertz CT molecular complexity index is 736. The Balaban J connectivity index is 2.35. The maximum atomic E-state index is 12.2. The summed E-state index contributed by atoms with van der Waals surface area (Å²) in [6, 6.07) is 5.43. The molecule has 0 amide bonds. The summed E-state index contributed by atoms with van der Waals surface area (Å²) in [7, 11) is -2.41. The van der Waals surface area contributed by atoms with Crippen molar-refractivity contribution >= 4 is 33.1 Å². The number of ether oxygens (including phenoxy) is 1. The largest absolute Gasteiger partial charge is 0.495 e. The van der Waals surface area contributed by atoms with Gasteiger partial charge in [0.25, 0.3) is 10.0 Å². The van der Waals surface area contributed by atoms with Crippen LogP contribution in [0.4, 0.5) is 11.5 Å². The van der Waals surface area contributed by atoms with Crippen LogP contribution in [0.15, 0.2) is 35.5 Å². The van der Waals surface area contributed by atoms with Gasteiger partial charge in [-0.25, -0.2) is 18.4 Å². The van der Waals surface area contributed by atoms with Gasteiger partial charge >= 0.3 is 0 Å². The van der Waals surface area contributed by atoms with Crippen molar-refractivity contribution in [3.05, 3.63) is 35.7 Å². The van der Waals surface area contributed by atoms with Crippen LogP contribution in [-0.4, -0.2) is 25.5 Å². The molecule has 2 aromatic rings. The van der Waals surface area contributed by atoms with Crippen LogP contribution in [0.3, 0.4) is 0 Å². The molecular formula is C11H11ClN4O3S. The molecule has 1 heterocycles. The standard InChI is InChI=1S/C11H11ClN4O3S/c1-19-9-4-7(2-3-8(9)13)20(17,18)16-11-5-10(12)14-6-15-11/h2-6H,13H2,1H3,(H,14,15,16). The second-order valence-corrected chi connectivity index (χ2v) is 5.80. The minimum absolute atomic E-state index is 0.00159. The minimum Gasteiger partial charge on any atom is -0.495 e. The molecule has 9 heteroatoms. The van der Waals surface area contributed by atoms with Crippen LogP contribution in [0.5, 0.6) is 5.75 Å². The number of methoxy groups -OCH3 is 1. The summed E-state index contributed by atoms with van der Waals surface area (Å²) in [5.41, 5.74) is 5.98. The molecule has 0 aliphatic heterocycles. The molecule has 3 N–H and O–H groups in total. The van der Waals surface area contributed by atoms with Gasteiger partial charge in [0, 0.05) is 12.1 Å². The van der Waals surface area contributed by atoms with Crippen molar-refractivity contribution < 1.29 is 13.2 Å². The third-order valence-electron chi connectivity index (χ3n) is 2.39. The van der Waals surface area contributed by atoms with Gasteiger partial charge in [-0.15, -0.1) is 0 Å². The summed E-state index contributed by atoms with van der Waals surface area (Å²) in [6.45, 7) is 0. The van der Waals surface area contributed by atoms with Gasteiger partial charge in [-0.05, 0) is 12.1 Å². The number of nitrogens with one attached hydrogen (secondary N) is 1. The van der Waals surface area contributed by atoms with Gasteiger partial charge in [-0.1, -0.05) is 11.6 Å². The number of rotatable bonds is 4. The molecule has 0 unspecified atom stereocenters. The van der Waals surface area contributed by atoms with Crippen molar-refractivity contribution in [2.24, 2.45) is 0 Å². The highest BCUT2D eigenvalue weighted by molar-refractivity contribution is 7.92. The first kappa shape index (κ1) is 14.4. The number of halogens is 1. The van der Waals surface area contributed by atoms with Gasteiger partial charge in [0.05, 0.1) is 17.7 Å². The lowest BCUT2D eigenvalue weighted by Crippen LogP contribution is -2.14. The molecular weight excluding hydrogens is 304 g/mol. The van der Waals surface area contributed by atoms with E-state index in [0.717, 1.165) is 6.33 Å². The van der Waals surface area contributed by atoms with Gasteiger partial charge in [0.15, 0.2) is 0 Å². The average molecular weight is 315 g/mol. The number of nitrogen functional groups attached to an aromatic ring is 1. The number of nitrogens with zero attached hydrogens (tertiary/aromatic N) is 2. The lowest BCUT2D eigenvalue weighted by atomic mass is 10.3. The normalized spacial score (nSPS) is 11.1. The number of anilines is 2. The van der Waals surface area contributed by atoms with Gasteiger partial charge < -0.3 is 10.5 Å². The lowest BCUT2D eigenvalue weighted by molar-refractivity contribution is 0.415. The average Bonchev–Trinajstić information content (AvgIpc) is 2.38. The molecule has 0 spiro atoms. The fourth-order valence-electron chi connectivity index (χ4n) is 1.44. The molecule has 0 atom stereocenters. The molecule has 0 aliphatic carbocycles. The lowest BCUT2D eigenvalue weighted by Gasteiger charge is -2.10. The molecule has 106 valence electrons. The highest BCUT2D eigenvalue weighted by Gasteiger charge is 2.17. The molecule has 2 rings (SSSR count). The van der Waals surface area contributed by atoms with Crippen LogP contribution in [0.1, 0.15) is 0 Å². The number of hydrogen-bond donors (Lipinski definition) is 2. The van der Waals surface area contributed by atoms with Crippen LogP contribution in [0, 0.1) is 0 Å². The van der Waals surface area contributed by atoms with Gasteiger partial charge in [-0.2, -0.15) is 0 Å². The van der Waals surface area contributed by atoms with Gasteiger partial charge in [0.2, 0.25) is 0 Å². The molecule has 1 aromatic carbocycles. The van der Waals surface area contributed by atoms with E-state index in [9.17, 15) is 8.42 Å². The molecule has 0 aliphatic rings. The molecule has 0 saturated heterocycles. The number of benzene rings is 1. The molecule has 0 radical (unpaired) electrons. The summed E-state index contributed by atoms with van der Waals surface area (Å²) >= 11 is 5.67. The number of aromatic nitrogens is 2. The quantitative estimate of drug-likeness (QED) is 0.654. The van der Waals surface area contributed by atoms with E-state index in [0.29, 0.717) is 5.69 Å². The van der Waals surface area contributed by atoms with Crippen LogP contribution < -0.4 is 15.2 Å². The van der Waals surface area contributed by atoms with E-state index in [-0.39, 0.29) is 21.6 Å². The summed E-state index contributed by atoms with van der Waals surface area (Å²) in [4.78, 5) is 7.43. The van der Waals surface area contributed by atoms with E-state index in [2.05, 4.69) is 14.7 Å². The Kier molecular flexibility index (Phi) is 3.96. The van der Waals surface area contributed by atoms with Crippen molar-refractivity contribution in [3.8, 4) is 5.75 Å². The van der Waals surface area contributed by atoms with Crippen LogP contribution in [0.2, 0.25) is 5.15 Å². The monoisotopic (exact) mass is 314 g/mol. The van der Waals surface area contributed by atoms with E-state index in [1.54, 1.807) is 0 Å². The molecule has 1 aromatic heterocycles. The highest BCUT2D eigenvalue weighted by atomic mass is 35.5. The van der Waals surface area contributed by atoms with Crippen LogP contribution in [-0.2, 0) is 10.0 Å². The topological polar surface area (TPSA) is 107 Å². The smallest absolute Gasteiger partial charge is 0.263 e. The van der Waals surface area contributed by atoms with Gasteiger partial charge in [-0.3, -0.25) is 4.72 Å². The molecule has 20 heavy (non-hydrogen) atoms. The summed E-state index contributed by atoms with van der Waals surface area (Å²) in [5, 5.41) is 0.132. The first-order chi connectivity index (χ1) is 9.42. The third-order valence-corrected chi connectivity index (χ3v) is 3.95. The van der Waals surface area contributed by atoms with Crippen LogP contribution >= 0.6 is 11.6 Å². The number of nitrogens with two attached hydrogens (primary N) is 1. The van der Waals surface area contributed by atoms with E-state index in [1.807, 2.05) is 0 Å². The molecule has 0 fully saturated rings. The van der Waals surface area contributed by atoms with E-state index in [4.69, 9.17) is 22.1 Å².